The first-order chi connectivity index (χ1) is 8.35. The first-order valence-corrected chi connectivity index (χ1v) is 5.46. The molecular formula is C14H14BO2. The molecule has 0 spiro atoms. The van der Waals surface area contributed by atoms with E-state index in [1.54, 1.807) is 14.2 Å². The van der Waals surface area contributed by atoms with Crippen LogP contribution in [0.3, 0.4) is 0 Å². The minimum Gasteiger partial charge on any atom is -0.497 e. The summed E-state index contributed by atoms with van der Waals surface area (Å²) < 4.78 is 10.6. The zero-order chi connectivity index (χ0) is 12.1. The van der Waals surface area contributed by atoms with Crippen LogP contribution in [-0.2, 0) is 0 Å². The van der Waals surface area contributed by atoms with Crippen LogP contribution in [0.2, 0.25) is 0 Å². The van der Waals surface area contributed by atoms with Gasteiger partial charge in [-0.25, -0.2) is 0 Å². The van der Waals surface area contributed by atoms with Crippen LogP contribution in [0.5, 0.6) is 11.5 Å². The van der Waals surface area contributed by atoms with Crippen LogP contribution in [-0.4, -0.2) is 21.5 Å². The monoisotopic (exact) mass is 225 g/mol. The third-order valence-corrected chi connectivity index (χ3v) is 2.59. The third kappa shape index (κ3) is 2.62. The second-order valence-corrected chi connectivity index (χ2v) is 3.63. The van der Waals surface area contributed by atoms with E-state index in [9.17, 15) is 0 Å². The number of para-hydroxylation sites is 2. The number of hydrogen-bond acceptors (Lipinski definition) is 2. The number of benzene rings is 2. The van der Waals surface area contributed by atoms with Crippen LogP contribution in [0.4, 0.5) is 0 Å². The molecule has 0 saturated carbocycles. The molecule has 0 aliphatic rings. The molecule has 0 saturated heterocycles. The normalized spacial score (nSPS) is 9.76. The van der Waals surface area contributed by atoms with E-state index in [4.69, 9.17) is 9.47 Å². The largest absolute Gasteiger partial charge is 0.497 e. The molecule has 3 heteroatoms. The lowest BCUT2D eigenvalue weighted by Crippen LogP contribution is -2.29. The van der Waals surface area contributed by atoms with E-state index in [-0.39, 0.29) is 0 Å². The van der Waals surface area contributed by atoms with Crippen molar-refractivity contribution in [3.8, 4) is 11.5 Å². The summed E-state index contributed by atoms with van der Waals surface area (Å²) in [6.07, 6.45) is 0. The van der Waals surface area contributed by atoms with Crippen molar-refractivity contribution in [3.63, 3.8) is 0 Å². The van der Waals surface area contributed by atoms with Gasteiger partial charge in [0.25, 0.3) is 0 Å². The molecule has 0 N–H and O–H groups in total. The average Bonchev–Trinajstić information content (AvgIpc) is 2.40. The third-order valence-electron chi connectivity index (χ3n) is 2.59. The molecule has 17 heavy (non-hydrogen) atoms. The van der Waals surface area contributed by atoms with Gasteiger partial charge in [0.15, 0.2) is 0 Å². The Labute approximate surface area is 102 Å². The van der Waals surface area contributed by atoms with Crippen molar-refractivity contribution in [1.29, 1.82) is 0 Å². The standard InChI is InChI=1S/C14H14BO2/c1-16-13-9-5-3-7-11(13)15-12-8-4-6-10-14(12)17-2/h3-10H,1-2H3. The van der Waals surface area contributed by atoms with Crippen molar-refractivity contribution >= 4 is 18.2 Å². The Morgan fingerprint density at radius 2 is 1.12 bits per heavy atom. The number of ether oxygens (including phenoxy) is 2. The quantitative estimate of drug-likeness (QED) is 0.731. The summed E-state index contributed by atoms with van der Waals surface area (Å²) in [5.74, 6) is 1.72. The Balaban J connectivity index is 2.31. The Hall–Kier alpha value is -1.90. The SMILES string of the molecule is COc1ccccc1[B]c1ccccc1OC. The second-order valence-electron chi connectivity index (χ2n) is 3.63. The van der Waals surface area contributed by atoms with Gasteiger partial charge in [-0.2, -0.15) is 0 Å². The summed E-state index contributed by atoms with van der Waals surface area (Å²) in [5, 5.41) is 0. The molecule has 0 aliphatic heterocycles. The highest BCUT2D eigenvalue weighted by molar-refractivity contribution is 6.69. The van der Waals surface area contributed by atoms with Gasteiger partial charge in [-0.15, -0.1) is 0 Å². The molecular weight excluding hydrogens is 211 g/mol. The van der Waals surface area contributed by atoms with Crippen LogP contribution in [0.25, 0.3) is 0 Å². The van der Waals surface area contributed by atoms with Crippen LogP contribution >= 0.6 is 0 Å². The lowest BCUT2D eigenvalue weighted by molar-refractivity contribution is 0.417. The highest BCUT2D eigenvalue weighted by atomic mass is 16.5. The lowest BCUT2D eigenvalue weighted by Gasteiger charge is -2.10. The van der Waals surface area contributed by atoms with Crippen LogP contribution in [0, 0.1) is 0 Å². The van der Waals surface area contributed by atoms with Crippen LogP contribution < -0.4 is 20.4 Å². The van der Waals surface area contributed by atoms with Crippen molar-refractivity contribution in [2.75, 3.05) is 14.2 Å². The molecule has 0 fully saturated rings. The molecule has 2 aromatic rings. The van der Waals surface area contributed by atoms with Gasteiger partial charge in [-0.1, -0.05) is 36.4 Å². The van der Waals surface area contributed by atoms with Gasteiger partial charge in [0, 0.05) is 0 Å². The first-order valence-electron chi connectivity index (χ1n) is 5.46. The van der Waals surface area contributed by atoms with E-state index in [0.717, 1.165) is 22.4 Å². The van der Waals surface area contributed by atoms with E-state index in [1.807, 2.05) is 48.5 Å². The molecule has 0 bridgehead atoms. The molecule has 2 aromatic carbocycles. The fourth-order valence-corrected chi connectivity index (χ4v) is 1.74. The first kappa shape index (κ1) is 11.6. The predicted molar refractivity (Wildman–Crippen MR) is 71.0 cm³/mol. The van der Waals surface area contributed by atoms with E-state index >= 15 is 0 Å². The molecule has 0 amide bonds. The second kappa shape index (κ2) is 5.44. The summed E-state index contributed by atoms with van der Waals surface area (Å²) in [4.78, 5) is 0. The van der Waals surface area contributed by atoms with Crippen LogP contribution in [0.15, 0.2) is 48.5 Å². The van der Waals surface area contributed by atoms with Gasteiger partial charge in [-0.05, 0) is 23.1 Å². The summed E-state index contributed by atoms with van der Waals surface area (Å²) in [6, 6.07) is 15.8. The number of hydrogen-bond donors (Lipinski definition) is 0. The maximum atomic E-state index is 5.32. The Kier molecular flexibility index (Phi) is 3.71. The van der Waals surface area contributed by atoms with Gasteiger partial charge in [-0.3, -0.25) is 0 Å². The minimum atomic E-state index is 0.860. The lowest BCUT2D eigenvalue weighted by atomic mass is 9.63. The van der Waals surface area contributed by atoms with Gasteiger partial charge in [0.05, 0.1) is 14.2 Å². The molecule has 0 atom stereocenters. The Morgan fingerprint density at radius 1 is 0.706 bits per heavy atom. The van der Waals surface area contributed by atoms with Crippen molar-refractivity contribution in [2.24, 2.45) is 0 Å². The zero-order valence-electron chi connectivity index (χ0n) is 10.0. The van der Waals surface area contributed by atoms with E-state index in [2.05, 4.69) is 7.28 Å². The molecule has 0 aromatic heterocycles. The number of rotatable bonds is 4. The van der Waals surface area contributed by atoms with Crippen molar-refractivity contribution < 1.29 is 9.47 Å². The summed E-state index contributed by atoms with van der Waals surface area (Å²) in [5.41, 5.74) is 2.08. The molecule has 85 valence electrons. The Bertz CT molecular complexity index is 452. The summed E-state index contributed by atoms with van der Waals surface area (Å²) >= 11 is 0. The smallest absolute Gasteiger partial charge is 0.201 e. The van der Waals surface area contributed by atoms with E-state index < -0.39 is 0 Å². The maximum Gasteiger partial charge on any atom is 0.201 e. The van der Waals surface area contributed by atoms with Crippen molar-refractivity contribution in [2.45, 2.75) is 0 Å². The minimum absolute atomic E-state index is 0.860. The zero-order valence-corrected chi connectivity index (χ0v) is 10.0. The molecule has 2 rings (SSSR count). The fraction of sp³-hybridized carbons (Fsp3) is 0.143. The summed E-state index contributed by atoms with van der Waals surface area (Å²) in [7, 11) is 5.40. The van der Waals surface area contributed by atoms with Gasteiger partial charge in [0.2, 0.25) is 7.28 Å². The molecule has 2 nitrogen and oxygen atoms in total. The molecule has 0 aliphatic carbocycles. The summed E-state index contributed by atoms with van der Waals surface area (Å²) in [6.45, 7) is 0. The van der Waals surface area contributed by atoms with E-state index in [1.165, 1.54) is 0 Å². The topological polar surface area (TPSA) is 18.5 Å². The molecule has 0 heterocycles. The predicted octanol–water partition coefficient (Wildman–Crippen LogP) is 1.36. The molecule has 0 unspecified atom stereocenters. The van der Waals surface area contributed by atoms with Gasteiger partial charge >= 0.3 is 0 Å². The number of methoxy groups -OCH3 is 2. The van der Waals surface area contributed by atoms with Crippen molar-refractivity contribution in [3.05, 3.63) is 48.5 Å². The van der Waals surface area contributed by atoms with Gasteiger partial charge < -0.3 is 9.47 Å². The van der Waals surface area contributed by atoms with Gasteiger partial charge in [0.1, 0.15) is 11.5 Å². The van der Waals surface area contributed by atoms with Crippen LogP contribution in [0.1, 0.15) is 0 Å². The molecule has 1 radical (unpaired) electrons. The highest BCUT2D eigenvalue weighted by Crippen LogP contribution is 2.08. The average molecular weight is 225 g/mol. The maximum absolute atomic E-state index is 5.32. The fourth-order valence-electron chi connectivity index (χ4n) is 1.74. The van der Waals surface area contributed by atoms with Crippen molar-refractivity contribution in [1.82, 2.24) is 0 Å². The Morgan fingerprint density at radius 3 is 1.53 bits per heavy atom. The van der Waals surface area contributed by atoms with E-state index in [0.29, 0.717) is 0 Å². The highest BCUT2D eigenvalue weighted by Gasteiger charge is 2.08.